The van der Waals surface area contributed by atoms with Crippen LogP contribution < -0.4 is 5.32 Å². The first-order valence-electron chi connectivity index (χ1n) is 8.66. The van der Waals surface area contributed by atoms with Crippen molar-refractivity contribution < 1.29 is 9.90 Å². The number of phenolic OH excluding ortho intramolecular Hbond substituents is 1. The molecule has 0 spiro atoms. The Bertz CT molecular complexity index is 1110. The molecular weight excluding hydrogens is 408 g/mol. The summed E-state index contributed by atoms with van der Waals surface area (Å²) in [5, 5.41) is 26.4. The Balaban J connectivity index is 1.43. The second-order valence-electron chi connectivity index (χ2n) is 6.04. The number of carbonyl (C=O) groups excluding carboxylic acids is 1. The number of aromatic nitrogens is 5. The highest BCUT2D eigenvalue weighted by Crippen LogP contribution is 2.27. The molecule has 0 unspecified atom stereocenters. The van der Waals surface area contributed by atoms with Crippen LogP contribution in [0.4, 0.5) is 5.13 Å². The van der Waals surface area contributed by atoms with Crippen LogP contribution in [0.5, 0.6) is 5.75 Å². The summed E-state index contributed by atoms with van der Waals surface area (Å²) in [6, 6.07) is 16.3. The summed E-state index contributed by atoms with van der Waals surface area (Å²) in [6.45, 7) is 1.78. The molecule has 0 aliphatic rings. The maximum atomic E-state index is 12.6. The van der Waals surface area contributed by atoms with Gasteiger partial charge < -0.3 is 10.4 Å². The summed E-state index contributed by atoms with van der Waals surface area (Å²) < 4.78 is 1.52. The summed E-state index contributed by atoms with van der Waals surface area (Å²) in [4.78, 5) is 17.1. The van der Waals surface area contributed by atoms with E-state index in [1.165, 1.54) is 27.8 Å². The molecule has 2 aromatic carbocycles. The number of anilines is 1. The van der Waals surface area contributed by atoms with Gasteiger partial charge >= 0.3 is 0 Å². The van der Waals surface area contributed by atoms with E-state index in [2.05, 4.69) is 25.8 Å². The number of benzene rings is 2. The summed E-state index contributed by atoms with van der Waals surface area (Å²) in [5.74, 6) is -0.0358. The average molecular weight is 425 g/mol. The molecule has 29 heavy (non-hydrogen) atoms. The number of nitrogens with one attached hydrogen (secondary N) is 1. The van der Waals surface area contributed by atoms with Crippen molar-refractivity contribution in [3.8, 4) is 22.7 Å². The van der Waals surface area contributed by atoms with Gasteiger partial charge in [0.15, 0.2) is 5.13 Å². The van der Waals surface area contributed by atoms with Crippen molar-refractivity contribution in [2.45, 2.75) is 17.3 Å². The molecule has 4 aromatic rings. The molecule has 146 valence electrons. The monoisotopic (exact) mass is 424 g/mol. The Morgan fingerprint density at radius 1 is 1.17 bits per heavy atom. The quantitative estimate of drug-likeness (QED) is 0.455. The van der Waals surface area contributed by atoms with Crippen molar-refractivity contribution in [3.05, 3.63) is 60.0 Å². The van der Waals surface area contributed by atoms with E-state index < -0.39 is 5.25 Å². The maximum absolute atomic E-state index is 12.6. The van der Waals surface area contributed by atoms with Gasteiger partial charge in [-0.1, -0.05) is 42.1 Å². The topological polar surface area (TPSA) is 106 Å². The molecule has 2 aromatic heterocycles. The predicted octanol–water partition coefficient (Wildman–Crippen LogP) is 3.61. The molecule has 0 saturated carbocycles. The standard InChI is InChI=1S/C19H16N6O2S2/c1-12(29-19-22-23-24-25(19)14-7-9-15(26)10-8-14)17(27)21-18-20-16(11-28-18)13-5-3-2-4-6-13/h2-12,26H,1H3,(H,20,21,27)/t12-/m0/s1. The largest absolute Gasteiger partial charge is 0.508 e. The summed E-state index contributed by atoms with van der Waals surface area (Å²) in [7, 11) is 0. The lowest BCUT2D eigenvalue weighted by atomic mass is 10.2. The van der Waals surface area contributed by atoms with E-state index in [-0.39, 0.29) is 11.7 Å². The van der Waals surface area contributed by atoms with Crippen LogP contribution in [-0.2, 0) is 4.79 Å². The Hall–Kier alpha value is -3.24. The highest BCUT2D eigenvalue weighted by molar-refractivity contribution is 8.00. The Labute approximate surface area is 174 Å². The Kier molecular flexibility index (Phi) is 5.54. The number of nitrogens with zero attached hydrogens (tertiary/aromatic N) is 5. The molecule has 8 nitrogen and oxygen atoms in total. The third kappa shape index (κ3) is 4.44. The Morgan fingerprint density at radius 2 is 1.93 bits per heavy atom. The minimum atomic E-state index is -0.444. The molecular formula is C19H16N6O2S2. The molecule has 2 heterocycles. The van der Waals surface area contributed by atoms with Gasteiger partial charge in [-0.15, -0.1) is 16.4 Å². The van der Waals surface area contributed by atoms with Crippen molar-refractivity contribution in [1.29, 1.82) is 0 Å². The smallest absolute Gasteiger partial charge is 0.239 e. The fourth-order valence-electron chi connectivity index (χ4n) is 2.50. The number of thioether (sulfide) groups is 1. The second kappa shape index (κ2) is 8.41. The van der Waals surface area contributed by atoms with Gasteiger partial charge in [0.1, 0.15) is 5.75 Å². The van der Waals surface area contributed by atoms with Gasteiger partial charge in [-0.25, -0.2) is 4.98 Å². The Morgan fingerprint density at radius 3 is 2.69 bits per heavy atom. The van der Waals surface area contributed by atoms with Crippen LogP contribution in [0.25, 0.3) is 16.9 Å². The zero-order valence-electron chi connectivity index (χ0n) is 15.3. The van der Waals surface area contributed by atoms with Crippen LogP contribution in [-0.4, -0.2) is 41.5 Å². The van der Waals surface area contributed by atoms with Crippen molar-refractivity contribution >= 4 is 34.1 Å². The van der Waals surface area contributed by atoms with Crippen molar-refractivity contribution in [1.82, 2.24) is 25.2 Å². The van der Waals surface area contributed by atoms with E-state index in [9.17, 15) is 9.90 Å². The van der Waals surface area contributed by atoms with E-state index in [1.807, 2.05) is 35.7 Å². The number of hydrogen-bond acceptors (Lipinski definition) is 8. The van der Waals surface area contributed by atoms with Gasteiger partial charge in [-0.05, 0) is 41.6 Å². The number of aromatic hydroxyl groups is 1. The third-order valence-electron chi connectivity index (χ3n) is 3.99. The molecule has 0 bridgehead atoms. The molecule has 0 saturated heterocycles. The number of phenols is 1. The minimum Gasteiger partial charge on any atom is -0.508 e. The van der Waals surface area contributed by atoms with Gasteiger partial charge in [0, 0.05) is 10.9 Å². The highest BCUT2D eigenvalue weighted by Gasteiger charge is 2.20. The van der Waals surface area contributed by atoms with Gasteiger partial charge in [0.2, 0.25) is 11.1 Å². The van der Waals surface area contributed by atoms with E-state index in [0.717, 1.165) is 11.3 Å². The van der Waals surface area contributed by atoms with Crippen molar-refractivity contribution in [3.63, 3.8) is 0 Å². The van der Waals surface area contributed by atoms with Gasteiger partial charge in [-0.2, -0.15) is 4.68 Å². The van der Waals surface area contributed by atoms with Crippen LogP contribution in [0.15, 0.2) is 65.1 Å². The fraction of sp³-hybridized carbons (Fsp3) is 0.105. The first-order valence-corrected chi connectivity index (χ1v) is 10.4. The number of amides is 1. The lowest BCUT2D eigenvalue weighted by Crippen LogP contribution is -2.22. The number of tetrazole rings is 1. The highest BCUT2D eigenvalue weighted by atomic mass is 32.2. The predicted molar refractivity (Wildman–Crippen MR) is 112 cm³/mol. The number of thiazole rings is 1. The fourth-order valence-corrected chi connectivity index (χ4v) is 4.03. The van der Waals surface area contributed by atoms with Crippen LogP contribution in [0.2, 0.25) is 0 Å². The average Bonchev–Trinajstić information content (AvgIpc) is 3.39. The SMILES string of the molecule is C[C@H](Sc1nnnn1-c1ccc(O)cc1)C(=O)Nc1nc(-c2ccccc2)cs1. The first-order chi connectivity index (χ1) is 14.1. The lowest BCUT2D eigenvalue weighted by Gasteiger charge is -2.10. The zero-order chi connectivity index (χ0) is 20.2. The van der Waals surface area contributed by atoms with Gasteiger partial charge in [-0.3, -0.25) is 4.79 Å². The van der Waals surface area contributed by atoms with Crippen LogP contribution in [0.3, 0.4) is 0 Å². The molecule has 0 fully saturated rings. The second-order valence-corrected chi connectivity index (χ2v) is 8.21. The molecule has 4 rings (SSSR count). The van der Waals surface area contributed by atoms with E-state index in [1.54, 1.807) is 31.2 Å². The van der Waals surface area contributed by atoms with Crippen molar-refractivity contribution in [2.24, 2.45) is 0 Å². The lowest BCUT2D eigenvalue weighted by molar-refractivity contribution is -0.115. The van der Waals surface area contributed by atoms with Gasteiger partial charge in [0.05, 0.1) is 16.6 Å². The van der Waals surface area contributed by atoms with E-state index in [0.29, 0.717) is 16.0 Å². The normalized spacial score (nSPS) is 11.9. The minimum absolute atomic E-state index is 0.155. The summed E-state index contributed by atoms with van der Waals surface area (Å²) in [6.07, 6.45) is 0. The van der Waals surface area contributed by atoms with Crippen molar-refractivity contribution in [2.75, 3.05) is 5.32 Å². The number of rotatable bonds is 6. The van der Waals surface area contributed by atoms with Crippen LogP contribution in [0, 0.1) is 0 Å². The number of hydrogen-bond donors (Lipinski definition) is 2. The molecule has 1 atom stereocenters. The number of carbonyl (C=O) groups is 1. The van der Waals surface area contributed by atoms with Gasteiger partial charge in [0.25, 0.3) is 0 Å². The summed E-state index contributed by atoms with van der Waals surface area (Å²) >= 11 is 2.61. The molecule has 0 aliphatic carbocycles. The molecule has 0 aliphatic heterocycles. The third-order valence-corrected chi connectivity index (χ3v) is 5.78. The zero-order valence-corrected chi connectivity index (χ0v) is 16.9. The van der Waals surface area contributed by atoms with E-state index >= 15 is 0 Å². The first kappa shape index (κ1) is 19.1. The molecule has 1 amide bonds. The molecule has 0 radical (unpaired) electrons. The van der Waals surface area contributed by atoms with Crippen LogP contribution in [0.1, 0.15) is 6.92 Å². The molecule has 2 N–H and O–H groups in total. The maximum Gasteiger partial charge on any atom is 0.239 e. The van der Waals surface area contributed by atoms with Crippen LogP contribution >= 0.6 is 23.1 Å². The molecule has 10 heteroatoms. The summed E-state index contributed by atoms with van der Waals surface area (Å²) in [5.41, 5.74) is 2.51. The van der Waals surface area contributed by atoms with E-state index in [4.69, 9.17) is 0 Å².